The Morgan fingerprint density at radius 3 is 2.82 bits per heavy atom. The van der Waals surface area contributed by atoms with E-state index in [0.717, 1.165) is 6.42 Å². The van der Waals surface area contributed by atoms with Gasteiger partial charge in [-0.25, -0.2) is 8.42 Å². The zero-order valence-corrected chi connectivity index (χ0v) is 11.0. The molecule has 96 valence electrons. The number of nitrogens with zero attached hydrogens (tertiary/aromatic N) is 2. The van der Waals surface area contributed by atoms with Crippen molar-refractivity contribution in [2.75, 3.05) is 25.4 Å². The lowest BCUT2D eigenvalue weighted by molar-refractivity contribution is -0.130. The molecule has 1 atom stereocenters. The van der Waals surface area contributed by atoms with Crippen molar-refractivity contribution >= 4 is 33.1 Å². The van der Waals surface area contributed by atoms with Crippen LogP contribution in [0.3, 0.4) is 0 Å². The van der Waals surface area contributed by atoms with Gasteiger partial charge in [0.25, 0.3) is 0 Å². The number of piperazine rings is 1. The summed E-state index contributed by atoms with van der Waals surface area (Å²) < 4.78 is 25.2. The first-order chi connectivity index (χ1) is 7.90. The van der Waals surface area contributed by atoms with Crippen molar-refractivity contribution in [1.82, 2.24) is 9.21 Å². The molecule has 2 N–H and O–H groups in total. The quantitative estimate of drug-likeness (QED) is 0.663. The van der Waals surface area contributed by atoms with Crippen molar-refractivity contribution in [2.45, 2.75) is 18.9 Å². The Kier molecular flexibility index (Phi) is 3.37. The van der Waals surface area contributed by atoms with E-state index in [9.17, 15) is 13.2 Å². The van der Waals surface area contributed by atoms with E-state index < -0.39 is 10.0 Å². The van der Waals surface area contributed by atoms with Gasteiger partial charge >= 0.3 is 0 Å². The molecule has 1 amide bonds. The maximum Gasteiger partial charge on any atom is 0.222 e. The van der Waals surface area contributed by atoms with E-state index in [-0.39, 0.29) is 22.7 Å². The Bertz CT molecular complexity index is 448. The van der Waals surface area contributed by atoms with Crippen molar-refractivity contribution < 1.29 is 13.2 Å². The summed E-state index contributed by atoms with van der Waals surface area (Å²) >= 11 is 4.63. The fraction of sp³-hybridized carbons (Fsp3) is 0.778. The van der Waals surface area contributed by atoms with Crippen LogP contribution in [0.25, 0.3) is 0 Å². The number of rotatable bonds is 3. The van der Waals surface area contributed by atoms with Gasteiger partial charge in [0.1, 0.15) is 5.75 Å². The van der Waals surface area contributed by atoms with Crippen LogP contribution < -0.4 is 5.73 Å². The van der Waals surface area contributed by atoms with E-state index in [4.69, 9.17) is 5.73 Å². The largest absolute Gasteiger partial charge is 0.392 e. The number of hydrogen-bond acceptors (Lipinski definition) is 4. The minimum atomic E-state index is -3.41. The summed E-state index contributed by atoms with van der Waals surface area (Å²) in [6, 6.07) is 0.0253. The molecule has 0 aromatic rings. The highest BCUT2D eigenvalue weighted by Gasteiger charge is 2.39. The third-order valence-corrected chi connectivity index (χ3v) is 5.30. The highest BCUT2D eigenvalue weighted by atomic mass is 32.2. The molecule has 2 rings (SSSR count). The highest BCUT2D eigenvalue weighted by molar-refractivity contribution is 7.92. The van der Waals surface area contributed by atoms with E-state index >= 15 is 0 Å². The second-order valence-corrected chi connectivity index (χ2v) is 6.85. The van der Waals surface area contributed by atoms with Crippen molar-refractivity contribution in [1.29, 1.82) is 0 Å². The first kappa shape index (κ1) is 12.7. The topological polar surface area (TPSA) is 83.7 Å². The van der Waals surface area contributed by atoms with Gasteiger partial charge in [-0.15, -0.1) is 0 Å². The fourth-order valence-corrected chi connectivity index (χ4v) is 4.11. The van der Waals surface area contributed by atoms with Gasteiger partial charge in [0.05, 0.1) is 4.99 Å². The molecular formula is C9H15N3O3S2. The zero-order valence-electron chi connectivity index (χ0n) is 9.33. The van der Waals surface area contributed by atoms with Gasteiger partial charge in [-0.1, -0.05) is 12.2 Å². The molecule has 0 radical (unpaired) electrons. The monoisotopic (exact) mass is 277 g/mol. The van der Waals surface area contributed by atoms with E-state index in [0.29, 0.717) is 26.1 Å². The standard InChI is InChI=1S/C9H15N3O3S2/c10-8(16)6-17(14,15)11-3-4-12-7(5-11)1-2-9(12)13/h7H,1-6H2,(H2,10,16). The Labute approximate surface area is 106 Å². The molecule has 8 heteroatoms. The van der Waals surface area contributed by atoms with Gasteiger partial charge in [0.2, 0.25) is 15.9 Å². The summed E-state index contributed by atoms with van der Waals surface area (Å²) in [5.41, 5.74) is 5.28. The second-order valence-electron chi connectivity index (χ2n) is 4.36. The minimum absolute atomic E-state index is 0.0186. The van der Waals surface area contributed by atoms with Crippen molar-refractivity contribution in [3.05, 3.63) is 0 Å². The lowest BCUT2D eigenvalue weighted by Crippen LogP contribution is -2.54. The maximum atomic E-state index is 11.9. The molecular weight excluding hydrogens is 262 g/mol. The van der Waals surface area contributed by atoms with Gasteiger partial charge in [-0.3, -0.25) is 4.79 Å². The predicted molar refractivity (Wildman–Crippen MR) is 66.9 cm³/mol. The number of hydrogen-bond donors (Lipinski definition) is 1. The lowest BCUT2D eigenvalue weighted by Gasteiger charge is -2.36. The van der Waals surface area contributed by atoms with E-state index in [1.807, 2.05) is 0 Å². The molecule has 0 saturated carbocycles. The van der Waals surface area contributed by atoms with Gasteiger partial charge in [0, 0.05) is 32.1 Å². The van der Waals surface area contributed by atoms with Crippen LogP contribution in [0.5, 0.6) is 0 Å². The van der Waals surface area contributed by atoms with Crippen LogP contribution >= 0.6 is 12.2 Å². The molecule has 2 aliphatic rings. The number of nitrogens with two attached hydrogens (primary N) is 1. The third-order valence-electron chi connectivity index (χ3n) is 3.18. The molecule has 2 saturated heterocycles. The SMILES string of the molecule is NC(=S)CS(=O)(=O)N1CCN2C(=O)CCC2C1. The maximum absolute atomic E-state index is 11.9. The number of fused-ring (bicyclic) bond motifs is 1. The van der Waals surface area contributed by atoms with Crippen molar-refractivity contribution in [3.63, 3.8) is 0 Å². The summed E-state index contributed by atoms with van der Waals surface area (Å²) in [5, 5.41) is 0. The number of carbonyl (C=O) groups is 1. The summed E-state index contributed by atoms with van der Waals surface area (Å²) in [6.45, 7) is 1.18. The van der Waals surface area contributed by atoms with Crippen LogP contribution in [-0.2, 0) is 14.8 Å². The molecule has 0 aliphatic carbocycles. The minimum Gasteiger partial charge on any atom is -0.392 e. The highest BCUT2D eigenvalue weighted by Crippen LogP contribution is 2.24. The van der Waals surface area contributed by atoms with Crippen LogP contribution in [-0.4, -0.2) is 59.9 Å². The van der Waals surface area contributed by atoms with Crippen LogP contribution in [0.2, 0.25) is 0 Å². The fourth-order valence-electron chi connectivity index (χ4n) is 2.36. The average molecular weight is 277 g/mol. The Balaban J connectivity index is 2.06. The van der Waals surface area contributed by atoms with E-state index in [1.165, 1.54) is 4.31 Å². The molecule has 6 nitrogen and oxygen atoms in total. The molecule has 0 bridgehead atoms. The molecule has 0 aromatic heterocycles. The lowest BCUT2D eigenvalue weighted by atomic mass is 10.2. The Morgan fingerprint density at radius 2 is 2.18 bits per heavy atom. The smallest absolute Gasteiger partial charge is 0.222 e. The number of thiocarbonyl (C=S) groups is 1. The van der Waals surface area contributed by atoms with Crippen LogP contribution in [0, 0.1) is 0 Å². The molecule has 17 heavy (non-hydrogen) atoms. The number of carbonyl (C=O) groups excluding carboxylic acids is 1. The van der Waals surface area contributed by atoms with E-state index in [2.05, 4.69) is 12.2 Å². The summed E-state index contributed by atoms with van der Waals surface area (Å²) in [6.07, 6.45) is 1.26. The first-order valence-electron chi connectivity index (χ1n) is 5.46. The first-order valence-corrected chi connectivity index (χ1v) is 7.47. The zero-order chi connectivity index (χ0) is 12.6. The van der Waals surface area contributed by atoms with Crippen LogP contribution in [0.1, 0.15) is 12.8 Å². The van der Waals surface area contributed by atoms with Crippen LogP contribution in [0.15, 0.2) is 0 Å². The van der Waals surface area contributed by atoms with Crippen LogP contribution in [0.4, 0.5) is 0 Å². The van der Waals surface area contributed by atoms with Gasteiger partial charge in [-0.05, 0) is 6.42 Å². The molecule has 2 fully saturated rings. The molecule has 0 aromatic carbocycles. The van der Waals surface area contributed by atoms with Crippen molar-refractivity contribution in [3.8, 4) is 0 Å². The second kappa shape index (κ2) is 4.51. The molecule has 1 unspecified atom stereocenters. The number of amides is 1. The molecule has 2 heterocycles. The Morgan fingerprint density at radius 1 is 1.47 bits per heavy atom. The third kappa shape index (κ3) is 2.58. The predicted octanol–water partition coefficient (Wildman–Crippen LogP) is -1.09. The molecule has 0 spiro atoms. The van der Waals surface area contributed by atoms with Crippen molar-refractivity contribution in [2.24, 2.45) is 5.73 Å². The average Bonchev–Trinajstić information content (AvgIpc) is 2.58. The van der Waals surface area contributed by atoms with Gasteiger partial charge in [-0.2, -0.15) is 4.31 Å². The molecule has 2 aliphatic heterocycles. The number of sulfonamides is 1. The summed E-state index contributed by atoms with van der Waals surface area (Å²) in [4.78, 5) is 13.2. The summed E-state index contributed by atoms with van der Waals surface area (Å²) in [5.74, 6) is -0.162. The van der Waals surface area contributed by atoms with E-state index in [1.54, 1.807) is 4.90 Å². The van der Waals surface area contributed by atoms with Gasteiger partial charge in [0.15, 0.2) is 0 Å². The van der Waals surface area contributed by atoms with Gasteiger partial charge < -0.3 is 10.6 Å². The Hall–Kier alpha value is -0.730. The summed E-state index contributed by atoms with van der Waals surface area (Å²) in [7, 11) is -3.41. The normalized spacial score (nSPS) is 26.0.